The summed E-state index contributed by atoms with van der Waals surface area (Å²) in [6, 6.07) is 16.1. The Labute approximate surface area is 135 Å². The number of ether oxygens (including phenoxy) is 1. The van der Waals surface area contributed by atoms with Crippen molar-refractivity contribution in [3.63, 3.8) is 0 Å². The smallest absolute Gasteiger partial charge is 0.241 e. The first-order valence-electron chi connectivity index (χ1n) is 8.18. The van der Waals surface area contributed by atoms with Crippen LogP contribution < -0.4 is 15.4 Å². The summed E-state index contributed by atoms with van der Waals surface area (Å²) in [6.45, 7) is 1.49. The number of hydrogen-bond donors (Lipinski definition) is 2. The molecule has 23 heavy (non-hydrogen) atoms. The first-order valence-corrected chi connectivity index (χ1v) is 8.18. The van der Waals surface area contributed by atoms with E-state index in [9.17, 15) is 4.79 Å². The van der Waals surface area contributed by atoms with Crippen molar-refractivity contribution < 1.29 is 9.53 Å². The van der Waals surface area contributed by atoms with Crippen molar-refractivity contribution >= 4 is 5.91 Å². The van der Waals surface area contributed by atoms with Gasteiger partial charge in [0.05, 0.1) is 6.10 Å². The van der Waals surface area contributed by atoms with Crippen LogP contribution in [-0.4, -0.2) is 25.1 Å². The number of nitrogens with one attached hydrogen (secondary N) is 2. The Morgan fingerprint density at radius 1 is 0.957 bits per heavy atom. The van der Waals surface area contributed by atoms with Crippen LogP contribution in [-0.2, 0) is 4.79 Å². The second-order valence-electron chi connectivity index (χ2n) is 6.15. The fraction of sp³-hybridized carbons (Fsp3) is 0.316. The van der Waals surface area contributed by atoms with Gasteiger partial charge in [-0.1, -0.05) is 30.3 Å². The minimum absolute atomic E-state index is 0.0431. The highest BCUT2D eigenvalue weighted by atomic mass is 16.5. The number of hydrogen-bond acceptors (Lipinski definition) is 3. The number of rotatable bonds is 4. The van der Waals surface area contributed by atoms with Gasteiger partial charge in [0.1, 0.15) is 11.8 Å². The molecular formula is C19H20N2O2. The van der Waals surface area contributed by atoms with Crippen LogP contribution in [0.25, 0.3) is 11.1 Å². The van der Waals surface area contributed by atoms with Crippen molar-refractivity contribution in [3.8, 4) is 16.9 Å². The fourth-order valence-corrected chi connectivity index (χ4v) is 2.87. The Morgan fingerprint density at radius 2 is 1.78 bits per heavy atom. The molecule has 1 unspecified atom stereocenters. The Hall–Kier alpha value is -2.33. The van der Waals surface area contributed by atoms with Gasteiger partial charge in [-0.2, -0.15) is 0 Å². The van der Waals surface area contributed by atoms with Gasteiger partial charge in [-0.05, 0) is 47.7 Å². The van der Waals surface area contributed by atoms with Gasteiger partial charge < -0.3 is 15.4 Å². The Balaban J connectivity index is 1.56. The summed E-state index contributed by atoms with van der Waals surface area (Å²) in [6.07, 6.45) is 2.75. The van der Waals surface area contributed by atoms with Gasteiger partial charge in [-0.3, -0.25) is 4.79 Å². The molecule has 1 atom stereocenters. The minimum atomic E-state index is -0.263. The van der Waals surface area contributed by atoms with E-state index in [2.05, 4.69) is 34.9 Å². The highest BCUT2D eigenvalue weighted by Gasteiger charge is 2.24. The molecular weight excluding hydrogens is 288 g/mol. The van der Waals surface area contributed by atoms with Crippen LogP contribution in [0, 0.1) is 0 Å². The zero-order valence-corrected chi connectivity index (χ0v) is 12.9. The van der Waals surface area contributed by atoms with Gasteiger partial charge in [0.15, 0.2) is 0 Å². The molecule has 2 fully saturated rings. The molecule has 4 heteroatoms. The van der Waals surface area contributed by atoms with Gasteiger partial charge in [-0.15, -0.1) is 0 Å². The maximum atomic E-state index is 12.0. The molecule has 2 aromatic rings. The van der Waals surface area contributed by atoms with E-state index >= 15 is 0 Å². The van der Waals surface area contributed by atoms with E-state index in [0.29, 0.717) is 12.6 Å². The number of benzene rings is 2. The highest BCUT2D eigenvalue weighted by Crippen LogP contribution is 2.29. The molecule has 118 valence electrons. The number of amides is 1. The molecule has 1 saturated heterocycles. The van der Waals surface area contributed by atoms with Crippen LogP contribution in [0.2, 0.25) is 0 Å². The molecule has 1 saturated carbocycles. The molecule has 2 aromatic carbocycles. The van der Waals surface area contributed by atoms with E-state index < -0.39 is 0 Å². The standard InChI is InChI=1S/C19H20N2O2/c22-19-18(20-10-11-21-19)15-3-1-2-14(12-15)13-4-6-16(7-5-13)23-17-8-9-17/h1-7,12,17-18,20H,8-11H2,(H,21,22). The third-order valence-corrected chi connectivity index (χ3v) is 4.27. The fourth-order valence-electron chi connectivity index (χ4n) is 2.87. The predicted molar refractivity (Wildman–Crippen MR) is 89.3 cm³/mol. The quantitative estimate of drug-likeness (QED) is 0.913. The maximum Gasteiger partial charge on any atom is 0.241 e. The molecule has 0 spiro atoms. The predicted octanol–water partition coefficient (Wildman–Crippen LogP) is 2.66. The molecule has 1 heterocycles. The van der Waals surface area contributed by atoms with Crippen molar-refractivity contribution in [1.29, 1.82) is 0 Å². The average Bonchev–Trinajstić information content (AvgIpc) is 3.40. The van der Waals surface area contributed by atoms with Crippen LogP contribution in [0.5, 0.6) is 5.75 Å². The summed E-state index contributed by atoms with van der Waals surface area (Å²) in [5.41, 5.74) is 3.24. The van der Waals surface area contributed by atoms with E-state index in [4.69, 9.17) is 4.74 Å². The summed E-state index contributed by atoms with van der Waals surface area (Å²) in [5, 5.41) is 6.17. The maximum absolute atomic E-state index is 12.0. The molecule has 0 bridgehead atoms. The lowest BCUT2D eigenvalue weighted by atomic mass is 9.98. The van der Waals surface area contributed by atoms with Gasteiger partial charge in [0.2, 0.25) is 5.91 Å². The van der Waals surface area contributed by atoms with Crippen molar-refractivity contribution in [1.82, 2.24) is 10.6 Å². The van der Waals surface area contributed by atoms with Gasteiger partial charge in [-0.25, -0.2) is 0 Å². The molecule has 2 N–H and O–H groups in total. The summed E-state index contributed by atoms with van der Waals surface area (Å²) in [4.78, 5) is 12.0. The van der Waals surface area contributed by atoms with E-state index in [0.717, 1.165) is 29.0 Å². The monoisotopic (exact) mass is 308 g/mol. The zero-order valence-electron chi connectivity index (χ0n) is 12.9. The second-order valence-corrected chi connectivity index (χ2v) is 6.15. The van der Waals surface area contributed by atoms with Crippen LogP contribution in [0.4, 0.5) is 0 Å². The topological polar surface area (TPSA) is 50.4 Å². The van der Waals surface area contributed by atoms with E-state index in [1.807, 2.05) is 24.3 Å². The van der Waals surface area contributed by atoms with E-state index in [1.54, 1.807) is 0 Å². The summed E-state index contributed by atoms with van der Waals surface area (Å²) >= 11 is 0. The normalized spacial score (nSPS) is 20.9. The second kappa shape index (κ2) is 6.05. The van der Waals surface area contributed by atoms with Crippen molar-refractivity contribution in [2.24, 2.45) is 0 Å². The number of piperazine rings is 1. The average molecular weight is 308 g/mol. The molecule has 0 aromatic heterocycles. The molecule has 1 amide bonds. The van der Waals surface area contributed by atoms with Crippen molar-refractivity contribution in [2.75, 3.05) is 13.1 Å². The van der Waals surface area contributed by atoms with Crippen LogP contribution in [0.3, 0.4) is 0 Å². The van der Waals surface area contributed by atoms with E-state index in [1.165, 1.54) is 12.8 Å². The Kier molecular flexibility index (Phi) is 3.75. The summed E-state index contributed by atoms with van der Waals surface area (Å²) in [5.74, 6) is 0.974. The molecule has 1 aliphatic heterocycles. The lowest BCUT2D eigenvalue weighted by Gasteiger charge is -2.24. The largest absolute Gasteiger partial charge is 0.490 e. The molecule has 4 nitrogen and oxygen atoms in total. The van der Waals surface area contributed by atoms with Gasteiger partial charge in [0.25, 0.3) is 0 Å². The highest BCUT2D eigenvalue weighted by molar-refractivity contribution is 5.84. The van der Waals surface area contributed by atoms with Crippen molar-refractivity contribution in [2.45, 2.75) is 25.0 Å². The Bertz CT molecular complexity index is 708. The van der Waals surface area contributed by atoms with Gasteiger partial charge >= 0.3 is 0 Å². The zero-order chi connectivity index (χ0) is 15.6. The van der Waals surface area contributed by atoms with Crippen molar-refractivity contribution in [3.05, 3.63) is 54.1 Å². The SMILES string of the molecule is O=C1NCCNC1c1cccc(-c2ccc(OC3CC3)cc2)c1. The third kappa shape index (κ3) is 3.22. The molecule has 1 aliphatic carbocycles. The van der Waals surface area contributed by atoms with Gasteiger partial charge in [0, 0.05) is 13.1 Å². The number of carbonyl (C=O) groups excluding carboxylic acids is 1. The summed E-state index contributed by atoms with van der Waals surface area (Å²) in [7, 11) is 0. The lowest BCUT2D eigenvalue weighted by molar-refractivity contribution is -0.124. The van der Waals surface area contributed by atoms with Crippen LogP contribution >= 0.6 is 0 Å². The first-order chi connectivity index (χ1) is 11.3. The van der Waals surface area contributed by atoms with Crippen LogP contribution in [0.1, 0.15) is 24.4 Å². The van der Waals surface area contributed by atoms with E-state index in [-0.39, 0.29) is 11.9 Å². The summed E-state index contributed by atoms with van der Waals surface area (Å²) < 4.78 is 5.79. The van der Waals surface area contributed by atoms with Crippen LogP contribution in [0.15, 0.2) is 48.5 Å². The number of carbonyl (C=O) groups is 1. The minimum Gasteiger partial charge on any atom is -0.490 e. The molecule has 0 radical (unpaired) electrons. The third-order valence-electron chi connectivity index (χ3n) is 4.27. The molecule has 2 aliphatic rings. The Morgan fingerprint density at radius 3 is 2.52 bits per heavy atom. The molecule has 4 rings (SSSR count). The lowest BCUT2D eigenvalue weighted by Crippen LogP contribution is -2.47. The first kappa shape index (κ1) is 14.3.